The van der Waals surface area contributed by atoms with E-state index in [4.69, 9.17) is 5.14 Å². The van der Waals surface area contributed by atoms with E-state index in [1.807, 2.05) is 4.90 Å². The second-order valence-corrected chi connectivity index (χ2v) is 9.43. The summed E-state index contributed by atoms with van der Waals surface area (Å²) in [6, 6.07) is 10.8. The summed E-state index contributed by atoms with van der Waals surface area (Å²) in [5.41, 5.74) is 2.29. The lowest BCUT2D eigenvalue weighted by atomic mass is 10.0. The number of carbonyl (C=O) groups excluding carboxylic acids is 2. The number of amides is 2. The SMILES string of the molecule is CCN1c2cc(C(=O)Nc3ccc(S(N)(=O)=O)cc3)ccc2C(=O)N2CCCCC[C@H]21. The summed E-state index contributed by atoms with van der Waals surface area (Å²) in [5, 5.41) is 7.87. The highest BCUT2D eigenvalue weighted by Crippen LogP contribution is 2.35. The number of nitrogens with zero attached hydrogens (tertiary/aromatic N) is 2. The molecular formula is C22H26N4O4S. The molecular weight excluding hydrogens is 416 g/mol. The van der Waals surface area contributed by atoms with Crippen molar-refractivity contribution in [2.75, 3.05) is 23.3 Å². The molecule has 1 saturated heterocycles. The van der Waals surface area contributed by atoms with Crippen LogP contribution in [0.25, 0.3) is 0 Å². The zero-order chi connectivity index (χ0) is 22.2. The number of nitrogens with two attached hydrogens (primary N) is 1. The number of anilines is 2. The molecule has 0 radical (unpaired) electrons. The Morgan fingerprint density at radius 2 is 1.87 bits per heavy atom. The third-order valence-corrected chi connectivity index (χ3v) is 6.85. The number of fused-ring (bicyclic) bond motifs is 2. The zero-order valence-corrected chi connectivity index (χ0v) is 18.2. The van der Waals surface area contributed by atoms with Gasteiger partial charge in [0, 0.05) is 24.3 Å². The van der Waals surface area contributed by atoms with Gasteiger partial charge in [0.1, 0.15) is 6.17 Å². The van der Waals surface area contributed by atoms with Crippen LogP contribution in [0.4, 0.5) is 11.4 Å². The van der Waals surface area contributed by atoms with E-state index < -0.39 is 10.0 Å². The van der Waals surface area contributed by atoms with Crippen LogP contribution in [0.3, 0.4) is 0 Å². The van der Waals surface area contributed by atoms with Crippen molar-refractivity contribution in [3.8, 4) is 0 Å². The fraction of sp³-hybridized carbons (Fsp3) is 0.364. The second-order valence-electron chi connectivity index (χ2n) is 7.87. The monoisotopic (exact) mass is 442 g/mol. The van der Waals surface area contributed by atoms with Crippen LogP contribution in [-0.2, 0) is 10.0 Å². The van der Waals surface area contributed by atoms with Gasteiger partial charge in [-0.15, -0.1) is 0 Å². The molecule has 0 saturated carbocycles. The number of primary sulfonamides is 1. The van der Waals surface area contributed by atoms with Crippen LogP contribution >= 0.6 is 0 Å². The van der Waals surface area contributed by atoms with Gasteiger partial charge in [-0.25, -0.2) is 13.6 Å². The molecule has 0 unspecified atom stereocenters. The van der Waals surface area contributed by atoms with Crippen LogP contribution in [-0.4, -0.2) is 44.4 Å². The lowest BCUT2D eigenvalue weighted by Crippen LogP contribution is -2.55. The molecule has 2 aliphatic heterocycles. The largest absolute Gasteiger partial charge is 0.351 e. The lowest BCUT2D eigenvalue weighted by Gasteiger charge is -2.44. The van der Waals surface area contributed by atoms with Gasteiger partial charge in [-0.2, -0.15) is 0 Å². The van der Waals surface area contributed by atoms with Gasteiger partial charge in [-0.1, -0.05) is 6.42 Å². The fourth-order valence-electron chi connectivity index (χ4n) is 4.37. The molecule has 9 heteroatoms. The summed E-state index contributed by atoms with van der Waals surface area (Å²) in [6.45, 7) is 3.56. The summed E-state index contributed by atoms with van der Waals surface area (Å²) in [6.07, 6.45) is 4.16. The zero-order valence-electron chi connectivity index (χ0n) is 17.4. The maximum absolute atomic E-state index is 13.1. The molecule has 3 N–H and O–H groups in total. The number of hydrogen-bond donors (Lipinski definition) is 2. The number of nitrogens with one attached hydrogen (secondary N) is 1. The Balaban J connectivity index is 1.61. The number of rotatable bonds is 4. The predicted octanol–water partition coefficient (Wildman–Crippen LogP) is 2.77. The van der Waals surface area contributed by atoms with Crippen molar-refractivity contribution in [1.82, 2.24) is 4.90 Å². The van der Waals surface area contributed by atoms with Crippen LogP contribution in [0.5, 0.6) is 0 Å². The fourth-order valence-corrected chi connectivity index (χ4v) is 4.89. The van der Waals surface area contributed by atoms with Gasteiger partial charge in [0.15, 0.2) is 0 Å². The second kappa shape index (κ2) is 8.32. The highest BCUT2D eigenvalue weighted by atomic mass is 32.2. The molecule has 164 valence electrons. The molecule has 2 heterocycles. The quantitative estimate of drug-likeness (QED) is 0.756. The van der Waals surface area contributed by atoms with Gasteiger partial charge in [-0.05, 0) is 68.7 Å². The van der Waals surface area contributed by atoms with E-state index in [9.17, 15) is 18.0 Å². The molecule has 31 heavy (non-hydrogen) atoms. The lowest BCUT2D eigenvalue weighted by molar-refractivity contribution is 0.0656. The van der Waals surface area contributed by atoms with Crippen molar-refractivity contribution >= 4 is 33.2 Å². The Kier molecular flexibility index (Phi) is 5.72. The smallest absolute Gasteiger partial charge is 0.257 e. The Bertz CT molecular complexity index is 1110. The molecule has 2 aromatic carbocycles. The van der Waals surface area contributed by atoms with E-state index in [1.54, 1.807) is 18.2 Å². The van der Waals surface area contributed by atoms with Crippen LogP contribution in [0.2, 0.25) is 0 Å². The first-order valence-electron chi connectivity index (χ1n) is 10.5. The number of hydrogen-bond acceptors (Lipinski definition) is 5. The summed E-state index contributed by atoms with van der Waals surface area (Å²) in [7, 11) is -3.79. The Morgan fingerprint density at radius 3 is 2.55 bits per heavy atom. The first-order chi connectivity index (χ1) is 14.8. The van der Waals surface area contributed by atoms with E-state index in [1.165, 1.54) is 24.3 Å². The van der Waals surface area contributed by atoms with Gasteiger partial charge in [0.25, 0.3) is 11.8 Å². The van der Waals surface area contributed by atoms with E-state index in [0.29, 0.717) is 16.8 Å². The molecule has 8 nitrogen and oxygen atoms in total. The molecule has 2 amide bonds. The summed E-state index contributed by atoms with van der Waals surface area (Å²) < 4.78 is 22.8. The van der Waals surface area contributed by atoms with Gasteiger partial charge in [-0.3, -0.25) is 9.59 Å². The third-order valence-electron chi connectivity index (χ3n) is 5.92. The minimum absolute atomic E-state index is 0.0238. The van der Waals surface area contributed by atoms with Gasteiger partial charge in [0.2, 0.25) is 10.0 Å². The average Bonchev–Trinajstić information content (AvgIpc) is 3.00. The maximum Gasteiger partial charge on any atom is 0.257 e. The minimum Gasteiger partial charge on any atom is -0.351 e. The summed E-state index contributed by atoms with van der Waals surface area (Å²) >= 11 is 0. The topological polar surface area (TPSA) is 113 Å². The van der Waals surface area contributed by atoms with Crippen molar-refractivity contribution in [3.05, 3.63) is 53.6 Å². The minimum atomic E-state index is -3.79. The van der Waals surface area contributed by atoms with Gasteiger partial charge in [0.05, 0.1) is 16.1 Å². The van der Waals surface area contributed by atoms with Crippen LogP contribution in [0.1, 0.15) is 53.3 Å². The molecule has 1 atom stereocenters. The van der Waals surface area contributed by atoms with Crippen LogP contribution in [0, 0.1) is 0 Å². The number of sulfonamides is 1. The van der Waals surface area contributed by atoms with Gasteiger partial charge < -0.3 is 15.1 Å². The van der Waals surface area contributed by atoms with E-state index in [0.717, 1.165) is 44.5 Å². The molecule has 1 fully saturated rings. The molecule has 2 aromatic rings. The van der Waals surface area contributed by atoms with E-state index >= 15 is 0 Å². The number of benzene rings is 2. The average molecular weight is 443 g/mol. The van der Waals surface area contributed by atoms with Crippen LogP contribution < -0.4 is 15.4 Å². The van der Waals surface area contributed by atoms with Crippen molar-refractivity contribution in [1.29, 1.82) is 0 Å². The molecule has 0 bridgehead atoms. The first kappa shape index (κ1) is 21.3. The molecule has 0 aliphatic carbocycles. The van der Waals surface area contributed by atoms with Crippen LogP contribution in [0.15, 0.2) is 47.4 Å². The van der Waals surface area contributed by atoms with Crippen molar-refractivity contribution in [2.45, 2.75) is 43.7 Å². The van der Waals surface area contributed by atoms with Crippen molar-refractivity contribution < 1.29 is 18.0 Å². The standard InChI is InChI=1S/C22H26N4O4S/c1-2-25-19-14-15(21(27)24-16-8-10-17(11-9-16)31(23,29)30)7-12-18(19)22(28)26-13-5-3-4-6-20(25)26/h7-12,14,20H,2-6,13H2,1H3,(H,24,27)(H2,23,29,30)/t20-/m0/s1. The molecule has 4 rings (SSSR count). The summed E-state index contributed by atoms with van der Waals surface area (Å²) in [4.78, 5) is 30.1. The summed E-state index contributed by atoms with van der Waals surface area (Å²) in [5.74, 6) is -0.310. The Hall–Kier alpha value is -2.91. The highest BCUT2D eigenvalue weighted by molar-refractivity contribution is 7.89. The highest BCUT2D eigenvalue weighted by Gasteiger charge is 2.37. The van der Waals surface area contributed by atoms with Gasteiger partial charge >= 0.3 is 0 Å². The molecule has 0 spiro atoms. The van der Waals surface area contributed by atoms with Crippen molar-refractivity contribution in [3.63, 3.8) is 0 Å². The predicted molar refractivity (Wildman–Crippen MR) is 119 cm³/mol. The number of carbonyl (C=O) groups is 2. The maximum atomic E-state index is 13.1. The molecule has 2 aliphatic rings. The van der Waals surface area contributed by atoms with E-state index in [2.05, 4.69) is 17.1 Å². The molecule has 0 aromatic heterocycles. The Morgan fingerprint density at radius 1 is 1.13 bits per heavy atom. The van der Waals surface area contributed by atoms with Crippen molar-refractivity contribution in [2.24, 2.45) is 5.14 Å². The normalized spacial score (nSPS) is 18.8. The third kappa shape index (κ3) is 4.15. The van der Waals surface area contributed by atoms with E-state index in [-0.39, 0.29) is 22.9 Å². The Labute approximate surface area is 182 Å². The first-order valence-corrected chi connectivity index (χ1v) is 12.0.